The van der Waals surface area contributed by atoms with Crippen LogP contribution in [0.1, 0.15) is 12.5 Å². The van der Waals surface area contributed by atoms with Crippen LogP contribution in [-0.2, 0) is 11.3 Å². The van der Waals surface area contributed by atoms with Crippen LogP contribution in [0, 0.1) is 0 Å². The highest BCUT2D eigenvalue weighted by Crippen LogP contribution is 2.20. The Morgan fingerprint density at radius 3 is 2.56 bits per heavy atom. The summed E-state index contributed by atoms with van der Waals surface area (Å²) in [5, 5.41) is 0. The molecule has 0 fully saturated rings. The molecule has 0 aliphatic heterocycles. The third kappa shape index (κ3) is 4.99. The highest BCUT2D eigenvalue weighted by molar-refractivity contribution is 7.97. The van der Waals surface area contributed by atoms with E-state index in [0.29, 0.717) is 6.54 Å². The third-order valence-corrected chi connectivity index (χ3v) is 3.15. The zero-order chi connectivity index (χ0) is 11.8. The Kier molecular flexibility index (Phi) is 6.49. The summed E-state index contributed by atoms with van der Waals surface area (Å²) >= 11 is 1.73. The van der Waals surface area contributed by atoms with Crippen LogP contribution >= 0.6 is 11.9 Å². The molecular formula is C12H20N2OS. The summed E-state index contributed by atoms with van der Waals surface area (Å²) in [4.78, 5) is 1.23. The summed E-state index contributed by atoms with van der Waals surface area (Å²) in [6.07, 6.45) is 0. The molecule has 0 bridgehead atoms. The first kappa shape index (κ1) is 13.5. The molecule has 90 valence electrons. The van der Waals surface area contributed by atoms with Gasteiger partial charge in [0.1, 0.15) is 0 Å². The minimum absolute atomic E-state index is 0.602. The maximum atomic E-state index is 5.55. The van der Waals surface area contributed by atoms with Gasteiger partial charge in [0.25, 0.3) is 0 Å². The zero-order valence-corrected chi connectivity index (χ0v) is 10.8. The summed E-state index contributed by atoms with van der Waals surface area (Å²) in [6, 6.07) is 8.34. The highest BCUT2D eigenvalue weighted by Gasteiger charge is 2.01. The first-order chi connectivity index (χ1) is 7.76. The zero-order valence-electron chi connectivity index (χ0n) is 9.98. The molecule has 16 heavy (non-hydrogen) atoms. The molecule has 0 aromatic heterocycles. The Hall–Kier alpha value is -0.550. The van der Waals surface area contributed by atoms with Gasteiger partial charge in [0.2, 0.25) is 0 Å². The Morgan fingerprint density at radius 1 is 1.31 bits per heavy atom. The molecule has 1 aromatic carbocycles. The number of benzene rings is 1. The average Bonchev–Trinajstić information content (AvgIpc) is 2.30. The van der Waals surface area contributed by atoms with Crippen LogP contribution in [0.4, 0.5) is 0 Å². The number of ether oxygens (including phenoxy) is 1. The molecule has 3 nitrogen and oxygen atoms in total. The van der Waals surface area contributed by atoms with Crippen molar-refractivity contribution in [2.45, 2.75) is 18.4 Å². The predicted molar refractivity (Wildman–Crippen MR) is 69.3 cm³/mol. The first-order valence-corrected chi connectivity index (χ1v) is 6.29. The SMILES string of the molecule is CCOCCN(C)Sc1ccc(CN)cc1. The molecule has 0 atom stereocenters. The van der Waals surface area contributed by atoms with Gasteiger partial charge in [-0.15, -0.1) is 0 Å². The lowest BCUT2D eigenvalue weighted by molar-refractivity contribution is 0.140. The second-order valence-electron chi connectivity index (χ2n) is 3.49. The quantitative estimate of drug-likeness (QED) is 0.585. The van der Waals surface area contributed by atoms with Gasteiger partial charge >= 0.3 is 0 Å². The fraction of sp³-hybridized carbons (Fsp3) is 0.500. The van der Waals surface area contributed by atoms with Crippen LogP contribution in [-0.4, -0.2) is 31.1 Å². The molecular weight excluding hydrogens is 220 g/mol. The lowest BCUT2D eigenvalue weighted by Crippen LogP contribution is -2.15. The van der Waals surface area contributed by atoms with Crippen LogP contribution in [0.15, 0.2) is 29.2 Å². The molecule has 0 spiro atoms. The largest absolute Gasteiger partial charge is 0.380 e. The van der Waals surface area contributed by atoms with Crippen molar-refractivity contribution in [3.63, 3.8) is 0 Å². The van der Waals surface area contributed by atoms with Gasteiger partial charge in [-0.3, -0.25) is 0 Å². The fourth-order valence-corrected chi connectivity index (χ4v) is 2.03. The van der Waals surface area contributed by atoms with E-state index >= 15 is 0 Å². The topological polar surface area (TPSA) is 38.5 Å². The van der Waals surface area contributed by atoms with Crippen LogP contribution < -0.4 is 5.73 Å². The normalized spacial score (nSPS) is 11.0. The highest BCUT2D eigenvalue weighted by atomic mass is 32.2. The van der Waals surface area contributed by atoms with E-state index < -0.39 is 0 Å². The number of rotatable bonds is 7. The molecule has 0 amide bonds. The molecule has 1 aromatic rings. The molecule has 0 saturated heterocycles. The lowest BCUT2D eigenvalue weighted by Gasteiger charge is -2.15. The van der Waals surface area contributed by atoms with E-state index in [9.17, 15) is 0 Å². The average molecular weight is 240 g/mol. The number of nitrogens with two attached hydrogens (primary N) is 1. The van der Waals surface area contributed by atoms with Crippen LogP contribution in [0.5, 0.6) is 0 Å². The Balaban J connectivity index is 2.34. The standard InChI is InChI=1S/C12H20N2OS/c1-3-15-9-8-14(2)16-12-6-4-11(10-13)5-7-12/h4-7H,3,8-10,13H2,1-2H3. The first-order valence-electron chi connectivity index (χ1n) is 5.52. The van der Waals surface area contributed by atoms with Gasteiger partial charge in [-0.2, -0.15) is 0 Å². The Bertz CT molecular complexity index is 290. The second kappa shape index (κ2) is 7.68. The van der Waals surface area contributed by atoms with Crippen LogP contribution in [0.3, 0.4) is 0 Å². The minimum Gasteiger partial charge on any atom is -0.380 e. The van der Waals surface area contributed by atoms with Crippen molar-refractivity contribution in [1.29, 1.82) is 0 Å². The summed E-state index contributed by atoms with van der Waals surface area (Å²) in [6.45, 7) is 5.10. The van der Waals surface area contributed by atoms with Gasteiger partial charge in [0.05, 0.1) is 6.61 Å². The van der Waals surface area contributed by atoms with Gasteiger partial charge in [-0.1, -0.05) is 12.1 Å². The van der Waals surface area contributed by atoms with Gasteiger partial charge in [0.15, 0.2) is 0 Å². The van der Waals surface area contributed by atoms with Gasteiger partial charge in [-0.25, -0.2) is 4.31 Å². The van der Waals surface area contributed by atoms with Gasteiger partial charge < -0.3 is 10.5 Å². The smallest absolute Gasteiger partial charge is 0.0602 e. The van der Waals surface area contributed by atoms with E-state index in [0.717, 1.165) is 19.8 Å². The van der Waals surface area contributed by atoms with E-state index in [4.69, 9.17) is 10.5 Å². The van der Waals surface area contributed by atoms with Gasteiger partial charge in [-0.05, 0) is 43.6 Å². The van der Waals surface area contributed by atoms with E-state index in [1.807, 2.05) is 6.92 Å². The molecule has 0 saturated carbocycles. The van der Waals surface area contributed by atoms with E-state index in [1.54, 1.807) is 11.9 Å². The molecule has 2 N–H and O–H groups in total. The van der Waals surface area contributed by atoms with Crippen molar-refractivity contribution in [3.8, 4) is 0 Å². The maximum absolute atomic E-state index is 5.55. The van der Waals surface area contributed by atoms with Crippen molar-refractivity contribution >= 4 is 11.9 Å². The number of hydrogen-bond donors (Lipinski definition) is 1. The molecule has 4 heteroatoms. The summed E-state index contributed by atoms with van der Waals surface area (Å²) in [5.74, 6) is 0. The molecule has 0 heterocycles. The predicted octanol–water partition coefficient (Wildman–Crippen LogP) is 2.12. The van der Waals surface area contributed by atoms with Crippen molar-refractivity contribution in [2.75, 3.05) is 26.8 Å². The summed E-state index contributed by atoms with van der Waals surface area (Å²) < 4.78 is 7.48. The maximum Gasteiger partial charge on any atom is 0.0602 e. The van der Waals surface area contributed by atoms with Crippen LogP contribution in [0.2, 0.25) is 0 Å². The number of hydrogen-bond acceptors (Lipinski definition) is 4. The van der Waals surface area contributed by atoms with Crippen molar-refractivity contribution in [2.24, 2.45) is 5.73 Å². The summed E-state index contributed by atoms with van der Waals surface area (Å²) in [7, 11) is 2.07. The molecule has 0 unspecified atom stereocenters. The lowest BCUT2D eigenvalue weighted by atomic mass is 10.2. The van der Waals surface area contributed by atoms with Crippen LogP contribution in [0.25, 0.3) is 0 Å². The number of nitrogens with zero attached hydrogens (tertiary/aromatic N) is 1. The summed E-state index contributed by atoms with van der Waals surface area (Å²) in [5.41, 5.74) is 6.72. The minimum atomic E-state index is 0.602. The molecule has 0 radical (unpaired) electrons. The number of likely N-dealkylation sites (N-methyl/N-ethyl adjacent to an activating group) is 1. The molecule has 0 aliphatic rings. The van der Waals surface area contributed by atoms with Crippen molar-refractivity contribution < 1.29 is 4.74 Å². The third-order valence-electron chi connectivity index (χ3n) is 2.17. The van der Waals surface area contributed by atoms with E-state index in [1.165, 1.54) is 10.5 Å². The fourth-order valence-electron chi connectivity index (χ4n) is 1.25. The van der Waals surface area contributed by atoms with E-state index in [-0.39, 0.29) is 0 Å². The Morgan fingerprint density at radius 2 is 2.00 bits per heavy atom. The molecule has 1 rings (SSSR count). The molecule has 0 aliphatic carbocycles. The van der Waals surface area contributed by atoms with Crippen molar-refractivity contribution in [1.82, 2.24) is 4.31 Å². The second-order valence-corrected chi connectivity index (χ2v) is 4.77. The monoisotopic (exact) mass is 240 g/mol. The van der Waals surface area contributed by atoms with Crippen molar-refractivity contribution in [3.05, 3.63) is 29.8 Å². The van der Waals surface area contributed by atoms with Gasteiger partial charge in [0, 0.05) is 24.6 Å². The Labute approximate surface area is 102 Å². The van der Waals surface area contributed by atoms with E-state index in [2.05, 4.69) is 35.6 Å².